The molecular weight excluding hydrogens is 260 g/mol. The van der Waals surface area contributed by atoms with E-state index >= 15 is 0 Å². The number of pyridine rings is 1. The van der Waals surface area contributed by atoms with Crippen LogP contribution in [0.5, 0.6) is 0 Å². The third kappa shape index (κ3) is 7.88. The van der Waals surface area contributed by atoms with Gasteiger partial charge in [0.25, 0.3) is 5.91 Å². The second-order valence-electron chi connectivity index (χ2n) is 3.69. The van der Waals surface area contributed by atoms with E-state index in [-0.39, 0.29) is 7.33 Å². The largest absolute Gasteiger partial charge is 0.346 e. The van der Waals surface area contributed by atoms with E-state index in [9.17, 15) is 4.79 Å². The molecule has 0 saturated heterocycles. The van der Waals surface area contributed by atoms with E-state index in [1.165, 1.54) is 0 Å². The van der Waals surface area contributed by atoms with E-state index in [0.717, 1.165) is 12.1 Å². The van der Waals surface area contributed by atoms with Gasteiger partial charge in [0.05, 0.1) is 12.2 Å². The predicted octanol–water partition coefficient (Wildman–Crippen LogP) is 4.44. The van der Waals surface area contributed by atoms with E-state index in [4.69, 9.17) is 0 Å². The number of allylic oxidation sites excluding steroid dienone is 4. The summed E-state index contributed by atoms with van der Waals surface area (Å²) in [5.41, 5.74) is 1.53. The van der Waals surface area contributed by atoms with Crippen molar-refractivity contribution in [2.45, 2.75) is 40.7 Å². The number of amides is 1. The van der Waals surface area contributed by atoms with E-state index in [1.807, 2.05) is 76.3 Å². The van der Waals surface area contributed by atoms with Gasteiger partial charge in [-0.2, -0.15) is 0 Å². The van der Waals surface area contributed by atoms with Gasteiger partial charge in [0.2, 0.25) is 0 Å². The number of carbonyl (C=O) groups is 1. The van der Waals surface area contributed by atoms with Crippen molar-refractivity contribution in [1.29, 1.82) is 0 Å². The Morgan fingerprint density at radius 3 is 2.67 bits per heavy atom. The number of hydrogen-bond donors (Lipinski definition) is 1. The maximum absolute atomic E-state index is 11.8. The summed E-state index contributed by atoms with van der Waals surface area (Å²) < 4.78 is 0. The van der Waals surface area contributed by atoms with Gasteiger partial charge in [0.15, 0.2) is 0 Å². The molecule has 0 unspecified atom stereocenters. The zero-order valence-corrected chi connectivity index (χ0v) is 13.5. The summed E-state index contributed by atoms with van der Waals surface area (Å²) in [5.74, 6) is -0.0709. The molecule has 0 bridgehead atoms. The Morgan fingerprint density at radius 2 is 2.00 bits per heavy atom. The minimum atomic E-state index is -0.0709. The fourth-order valence-corrected chi connectivity index (χ4v) is 1.51. The first-order valence-electron chi connectivity index (χ1n) is 7.58. The van der Waals surface area contributed by atoms with Gasteiger partial charge in [-0.1, -0.05) is 58.1 Å². The Kier molecular flexibility index (Phi) is 11.5. The van der Waals surface area contributed by atoms with Crippen molar-refractivity contribution in [2.75, 3.05) is 0 Å². The van der Waals surface area contributed by atoms with Crippen LogP contribution >= 0.6 is 0 Å². The average molecular weight is 288 g/mol. The fraction of sp³-hybridized carbons (Fsp3) is 0.333. The summed E-state index contributed by atoms with van der Waals surface area (Å²) in [6, 6.07) is 5.65. The first kappa shape index (κ1) is 18.8. The smallest absolute Gasteiger partial charge is 0.251 e. The highest BCUT2D eigenvalue weighted by molar-refractivity contribution is 5.96. The molecular formula is C18H28N2O. The number of nitrogens with zero attached hydrogens (tertiary/aromatic N) is 1. The van der Waals surface area contributed by atoms with E-state index in [2.05, 4.69) is 10.3 Å². The molecule has 2 rings (SSSR count). The van der Waals surface area contributed by atoms with E-state index in [1.54, 1.807) is 6.20 Å². The van der Waals surface area contributed by atoms with Crippen LogP contribution in [0.4, 0.5) is 0 Å². The van der Waals surface area contributed by atoms with Gasteiger partial charge in [-0.05, 0) is 24.6 Å². The van der Waals surface area contributed by atoms with Crippen LogP contribution in [0.15, 0.2) is 60.3 Å². The van der Waals surface area contributed by atoms with Crippen LogP contribution in [0.2, 0.25) is 0 Å². The molecule has 3 nitrogen and oxygen atoms in total. The highest BCUT2D eigenvalue weighted by Gasteiger charge is 2.05. The van der Waals surface area contributed by atoms with Crippen LogP contribution in [0.1, 0.15) is 41.2 Å². The second-order valence-corrected chi connectivity index (χ2v) is 3.69. The summed E-state index contributed by atoms with van der Waals surface area (Å²) in [5, 5.41) is 2.84. The zero-order chi connectivity index (χ0) is 15.9. The normalized spacial score (nSPS) is 11.9. The van der Waals surface area contributed by atoms with Crippen molar-refractivity contribution in [2.24, 2.45) is 0 Å². The molecule has 21 heavy (non-hydrogen) atoms. The summed E-state index contributed by atoms with van der Waals surface area (Å²) in [4.78, 5) is 16.0. The molecule has 0 radical (unpaired) electrons. The quantitative estimate of drug-likeness (QED) is 0.893. The molecule has 1 aromatic rings. The molecule has 0 fully saturated rings. The average Bonchev–Trinajstić information content (AvgIpc) is 2.87. The Morgan fingerprint density at radius 1 is 1.24 bits per heavy atom. The Bertz CT molecular complexity index is 479. The molecule has 1 aromatic heterocycles. The minimum absolute atomic E-state index is 0. The van der Waals surface area contributed by atoms with Crippen molar-refractivity contribution < 1.29 is 6.22 Å². The lowest BCUT2D eigenvalue weighted by atomic mass is 10.2. The Hall–Kier alpha value is -2.16. The maximum atomic E-state index is 11.8. The van der Waals surface area contributed by atoms with Gasteiger partial charge in [0, 0.05) is 13.2 Å². The molecule has 1 N–H and O–H groups in total. The topological polar surface area (TPSA) is 42.0 Å². The predicted molar refractivity (Wildman–Crippen MR) is 91.9 cm³/mol. The van der Waals surface area contributed by atoms with Crippen molar-refractivity contribution in [3.05, 3.63) is 66.0 Å². The van der Waals surface area contributed by atoms with Crippen molar-refractivity contribution in [3.8, 4) is 0 Å². The fourth-order valence-electron chi connectivity index (χ4n) is 1.51. The summed E-state index contributed by atoms with van der Waals surface area (Å²) in [6.07, 6.45) is 12.1. The standard InChI is InChI=1S/C14H14N2O.2C2H6.H2/c17-14(12-7-3-1-2-4-8-12)16-11-13-9-5-6-10-15-13;2*1-2;/h1,3-10H,2,11H2,(H,16,17);2*1-2H3;1H. The lowest BCUT2D eigenvalue weighted by Crippen LogP contribution is -2.24. The molecule has 1 amide bonds. The van der Waals surface area contributed by atoms with Gasteiger partial charge >= 0.3 is 0 Å². The van der Waals surface area contributed by atoms with Crippen LogP contribution < -0.4 is 5.32 Å². The molecule has 1 aliphatic carbocycles. The van der Waals surface area contributed by atoms with Gasteiger partial charge in [-0.15, -0.1) is 0 Å². The van der Waals surface area contributed by atoms with Crippen LogP contribution in [0.25, 0.3) is 0 Å². The van der Waals surface area contributed by atoms with Gasteiger partial charge in [-0.25, -0.2) is 0 Å². The van der Waals surface area contributed by atoms with Gasteiger partial charge < -0.3 is 5.32 Å². The maximum Gasteiger partial charge on any atom is 0.251 e. The molecule has 0 aromatic carbocycles. The highest BCUT2D eigenvalue weighted by Crippen LogP contribution is 2.05. The second kappa shape index (κ2) is 12.9. The number of carbonyl (C=O) groups excluding carboxylic acids is 1. The zero-order valence-electron chi connectivity index (χ0n) is 13.5. The molecule has 116 valence electrons. The number of aromatic nitrogens is 1. The van der Waals surface area contributed by atoms with Crippen LogP contribution in [-0.4, -0.2) is 10.9 Å². The van der Waals surface area contributed by atoms with Gasteiger partial charge in [-0.3, -0.25) is 9.78 Å². The molecule has 0 saturated carbocycles. The van der Waals surface area contributed by atoms with Crippen molar-refractivity contribution in [1.82, 2.24) is 10.3 Å². The lowest BCUT2D eigenvalue weighted by molar-refractivity contribution is -0.117. The monoisotopic (exact) mass is 288 g/mol. The lowest BCUT2D eigenvalue weighted by Gasteiger charge is -2.04. The van der Waals surface area contributed by atoms with Crippen LogP contribution in [-0.2, 0) is 11.3 Å². The molecule has 1 heterocycles. The molecule has 0 atom stereocenters. The van der Waals surface area contributed by atoms with E-state index < -0.39 is 0 Å². The van der Waals surface area contributed by atoms with Gasteiger partial charge in [0.1, 0.15) is 0 Å². The third-order valence-corrected chi connectivity index (χ3v) is 2.40. The highest BCUT2D eigenvalue weighted by atomic mass is 16.1. The first-order chi connectivity index (χ1) is 10.4. The van der Waals surface area contributed by atoms with Crippen LogP contribution in [0, 0.1) is 0 Å². The van der Waals surface area contributed by atoms with Crippen molar-refractivity contribution in [3.63, 3.8) is 0 Å². The third-order valence-electron chi connectivity index (χ3n) is 2.40. The summed E-state index contributed by atoms with van der Waals surface area (Å²) >= 11 is 0. The summed E-state index contributed by atoms with van der Waals surface area (Å²) in [7, 11) is 0. The molecule has 3 heteroatoms. The number of rotatable bonds is 3. The minimum Gasteiger partial charge on any atom is -0.346 e. The molecule has 0 aliphatic heterocycles. The number of hydrogen-bond acceptors (Lipinski definition) is 2. The number of nitrogens with one attached hydrogen (secondary N) is 1. The first-order valence-corrected chi connectivity index (χ1v) is 7.58. The van der Waals surface area contributed by atoms with Crippen LogP contribution in [0.3, 0.4) is 0 Å². The molecule has 0 spiro atoms. The molecule has 1 aliphatic rings. The Labute approximate surface area is 130 Å². The van der Waals surface area contributed by atoms with E-state index in [0.29, 0.717) is 12.1 Å². The summed E-state index contributed by atoms with van der Waals surface area (Å²) in [6.45, 7) is 8.45. The Balaban J connectivity index is 0. The SMILES string of the molecule is CC.CC.O=C(NCc1ccccn1)C1=CC=CCC=C1.[HH]. The van der Waals surface area contributed by atoms with Crippen molar-refractivity contribution >= 4 is 5.91 Å².